The maximum atomic E-state index is 13.7. The van der Waals surface area contributed by atoms with E-state index in [1.165, 1.54) is 4.90 Å². The summed E-state index contributed by atoms with van der Waals surface area (Å²) in [5.74, 6) is -1.66. The van der Waals surface area contributed by atoms with Gasteiger partial charge in [-0.1, -0.05) is 33.6 Å². The molecule has 38 heavy (non-hydrogen) atoms. The molecule has 3 amide bonds. The van der Waals surface area contributed by atoms with Crippen molar-refractivity contribution in [3.63, 3.8) is 0 Å². The number of hydrogen-bond donors (Lipinski definition) is 5. The lowest BCUT2D eigenvalue weighted by atomic mass is 9.96. The van der Waals surface area contributed by atoms with Crippen LogP contribution < -0.4 is 22.1 Å². The fourth-order valence-electron chi connectivity index (χ4n) is 4.77. The molecule has 0 radical (unpaired) electrons. The Morgan fingerprint density at radius 2 is 1.71 bits per heavy atom. The molecule has 7 N–H and O–H groups in total. The number of nitrogens with two attached hydrogens (primary N) is 2. The van der Waals surface area contributed by atoms with E-state index in [-0.39, 0.29) is 42.5 Å². The number of nitrogens with zero attached hydrogens (tertiary/aromatic N) is 2. The average molecular weight is 561 g/mol. The first-order valence-electron chi connectivity index (χ1n) is 13.6. The molecule has 1 rings (SSSR count). The van der Waals surface area contributed by atoms with Gasteiger partial charge in [0.1, 0.15) is 21.9 Å². The third-order valence-corrected chi connectivity index (χ3v) is 7.68. The minimum atomic E-state index is -3.38. The van der Waals surface area contributed by atoms with Gasteiger partial charge >= 0.3 is 0 Å². The van der Waals surface area contributed by atoms with Crippen molar-refractivity contribution in [3.05, 3.63) is 0 Å². The number of nitrogens with one attached hydrogen (secondary N) is 2. The summed E-state index contributed by atoms with van der Waals surface area (Å²) >= 11 is 0. The molecule has 0 aromatic rings. The van der Waals surface area contributed by atoms with Gasteiger partial charge in [-0.05, 0) is 44.4 Å². The molecule has 0 spiro atoms. The van der Waals surface area contributed by atoms with Crippen LogP contribution in [0.5, 0.6) is 0 Å². The molecule has 13 heteroatoms. The van der Waals surface area contributed by atoms with Gasteiger partial charge in [-0.2, -0.15) is 0 Å². The van der Waals surface area contributed by atoms with Crippen LogP contribution in [0.1, 0.15) is 72.1 Å². The Morgan fingerprint density at radius 1 is 1.08 bits per heavy atom. The third-order valence-electron chi connectivity index (χ3n) is 6.70. The van der Waals surface area contributed by atoms with Crippen molar-refractivity contribution in [1.29, 1.82) is 0 Å². The molecule has 1 saturated heterocycles. The van der Waals surface area contributed by atoms with Gasteiger partial charge in [-0.3, -0.25) is 19.4 Å². The van der Waals surface area contributed by atoms with E-state index in [9.17, 15) is 27.9 Å². The lowest BCUT2D eigenvalue weighted by Gasteiger charge is -2.30. The van der Waals surface area contributed by atoms with Gasteiger partial charge in [-0.15, -0.1) is 0 Å². The van der Waals surface area contributed by atoms with Crippen LogP contribution in [-0.2, 0) is 24.2 Å². The summed E-state index contributed by atoms with van der Waals surface area (Å²) in [5.41, 5.74) is 10.6. The lowest BCUT2D eigenvalue weighted by Crippen LogP contribution is -2.55. The van der Waals surface area contributed by atoms with Crippen LogP contribution in [0.25, 0.3) is 0 Å². The Bertz CT molecular complexity index is 902. The minimum absolute atomic E-state index is 0.0306. The maximum Gasteiger partial charge on any atom is 0.245 e. The number of aliphatic hydroxyl groups excluding tert-OH is 1. The van der Waals surface area contributed by atoms with Crippen LogP contribution in [0.3, 0.4) is 0 Å². The predicted molar refractivity (Wildman–Crippen MR) is 148 cm³/mol. The zero-order chi connectivity index (χ0) is 28.9. The number of guanidine groups is 1. The van der Waals surface area contributed by atoms with Crippen molar-refractivity contribution in [3.8, 4) is 0 Å². The highest BCUT2D eigenvalue weighted by Crippen LogP contribution is 2.25. The number of aliphatic imine (C=N–C) groups is 1. The topological polar surface area (TPSA) is 197 Å². The molecule has 0 aromatic carbocycles. The van der Waals surface area contributed by atoms with Crippen LogP contribution in [0.2, 0.25) is 0 Å². The van der Waals surface area contributed by atoms with Crippen LogP contribution >= 0.6 is 0 Å². The fourth-order valence-corrected chi connectivity index (χ4v) is 5.44. The highest BCUT2D eigenvalue weighted by atomic mass is 32.2. The standard InChI is InChI=1S/C25H48N6O6S/c1-5-8-18(9-6-2)22(33)30-20(11-13-38(4,36)37)24(35)31-15-17(3)14-21(31)23(34)29-19(16-32)10-7-12-28-25(26)27/h17-21,32H,5-16H2,1-4H3,(H,29,34)(H,30,33)(H4,26,27,28)/t17-,19?,20?,21?/m0/s1. The molecule has 0 bridgehead atoms. The number of amides is 3. The second-order valence-corrected chi connectivity index (χ2v) is 12.7. The number of carbonyl (C=O) groups is 3. The number of aliphatic hydroxyl groups is 1. The van der Waals surface area contributed by atoms with Crippen LogP contribution in [0.15, 0.2) is 4.99 Å². The normalized spacial score (nSPS) is 19.2. The number of likely N-dealkylation sites (tertiary alicyclic amines) is 1. The average Bonchev–Trinajstić information content (AvgIpc) is 3.23. The van der Waals surface area contributed by atoms with Gasteiger partial charge in [0.2, 0.25) is 17.7 Å². The zero-order valence-corrected chi connectivity index (χ0v) is 24.1. The molecule has 220 valence electrons. The third kappa shape index (κ3) is 12.0. The van der Waals surface area contributed by atoms with E-state index in [0.717, 1.165) is 19.1 Å². The van der Waals surface area contributed by atoms with Gasteiger partial charge in [0.25, 0.3) is 0 Å². The second kappa shape index (κ2) is 16.5. The smallest absolute Gasteiger partial charge is 0.245 e. The van der Waals surface area contributed by atoms with Gasteiger partial charge < -0.3 is 32.1 Å². The Morgan fingerprint density at radius 3 is 2.24 bits per heavy atom. The minimum Gasteiger partial charge on any atom is -0.394 e. The van der Waals surface area contributed by atoms with Crippen LogP contribution in [0, 0.1) is 11.8 Å². The van der Waals surface area contributed by atoms with Crippen molar-refractivity contribution >= 4 is 33.5 Å². The molecule has 1 aliphatic heterocycles. The number of rotatable bonds is 17. The summed E-state index contributed by atoms with van der Waals surface area (Å²) in [6, 6.07) is -2.37. The van der Waals surface area contributed by atoms with E-state index in [1.807, 2.05) is 20.8 Å². The molecule has 1 aliphatic rings. The SMILES string of the molecule is CCCC(CCC)C(=O)NC(CCS(C)(=O)=O)C(=O)N1C[C@@H](C)CC1C(=O)NC(CO)CCCN=C(N)N. The summed E-state index contributed by atoms with van der Waals surface area (Å²) in [5, 5.41) is 15.4. The summed E-state index contributed by atoms with van der Waals surface area (Å²) < 4.78 is 23.8. The molecule has 1 heterocycles. The Kier molecular flexibility index (Phi) is 14.6. The number of hydrogen-bond acceptors (Lipinski definition) is 7. The molecule has 3 unspecified atom stereocenters. The number of carbonyl (C=O) groups excluding carboxylic acids is 3. The van der Waals surface area contributed by atoms with Crippen molar-refractivity contribution in [2.75, 3.05) is 31.7 Å². The Balaban J connectivity index is 3.04. The van der Waals surface area contributed by atoms with Crippen molar-refractivity contribution in [2.45, 2.75) is 90.3 Å². The molecular formula is C25H48N6O6S. The second-order valence-electron chi connectivity index (χ2n) is 10.4. The van der Waals surface area contributed by atoms with E-state index >= 15 is 0 Å². The molecular weight excluding hydrogens is 512 g/mol. The highest BCUT2D eigenvalue weighted by molar-refractivity contribution is 7.90. The van der Waals surface area contributed by atoms with Crippen molar-refractivity contribution in [2.24, 2.45) is 28.3 Å². The van der Waals surface area contributed by atoms with Gasteiger partial charge in [-0.25, -0.2) is 8.42 Å². The quantitative estimate of drug-likeness (QED) is 0.0922. The van der Waals surface area contributed by atoms with Gasteiger partial charge in [0, 0.05) is 25.3 Å². The Hall–Kier alpha value is -2.41. The highest BCUT2D eigenvalue weighted by Gasteiger charge is 2.41. The van der Waals surface area contributed by atoms with Crippen molar-refractivity contribution < 1.29 is 27.9 Å². The number of sulfone groups is 1. The van der Waals surface area contributed by atoms with Crippen LogP contribution in [-0.4, -0.2) is 91.9 Å². The molecule has 4 atom stereocenters. The summed E-state index contributed by atoms with van der Waals surface area (Å²) in [6.07, 6.45) is 5.39. The van der Waals surface area contributed by atoms with Gasteiger partial charge in [0.15, 0.2) is 5.96 Å². The molecule has 0 aliphatic carbocycles. The van der Waals surface area contributed by atoms with Gasteiger partial charge in [0.05, 0.1) is 18.4 Å². The van der Waals surface area contributed by atoms with E-state index < -0.39 is 39.8 Å². The van der Waals surface area contributed by atoms with E-state index in [2.05, 4.69) is 15.6 Å². The summed E-state index contributed by atoms with van der Waals surface area (Å²) in [6.45, 7) is 6.28. The Labute approximate surface area is 227 Å². The molecule has 1 fully saturated rings. The monoisotopic (exact) mass is 560 g/mol. The van der Waals surface area contributed by atoms with E-state index in [1.54, 1.807) is 0 Å². The first-order valence-corrected chi connectivity index (χ1v) is 15.6. The zero-order valence-electron chi connectivity index (χ0n) is 23.3. The lowest BCUT2D eigenvalue weighted by molar-refractivity contribution is -0.142. The maximum absolute atomic E-state index is 13.7. The van der Waals surface area contributed by atoms with Crippen LogP contribution in [0.4, 0.5) is 0 Å². The van der Waals surface area contributed by atoms with E-state index in [4.69, 9.17) is 11.5 Å². The molecule has 12 nitrogen and oxygen atoms in total. The van der Waals surface area contributed by atoms with Crippen molar-refractivity contribution in [1.82, 2.24) is 15.5 Å². The largest absolute Gasteiger partial charge is 0.394 e. The molecule has 0 saturated carbocycles. The first kappa shape index (κ1) is 33.6. The summed E-state index contributed by atoms with van der Waals surface area (Å²) in [4.78, 5) is 45.2. The first-order chi connectivity index (χ1) is 17.8. The summed E-state index contributed by atoms with van der Waals surface area (Å²) in [7, 11) is -3.38. The predicted octanol–water partition coefficient (Wildman–Crippen LogP) is -0.110. The molecule has 0 aromatic heterocycles. The fraction of sp³-hybridized carbons (Fsp3) is 0.840. The van der Waals surface area contributed by atoms with E-state index in [0.29, 0.717) is 45.2 Å².